The highest BCUT2D eigenvalue weighted by atomic mass is 35.5. The minimum atomic E-state index is -3.52. The number of benzene rings is 2. The molecule has 9 nitrogen and oxygen atoms in total. The molecule has 0 aliphatic carbocycles. The Hall–Kier alpha value is -2.89. The van der Waals surface area contributed by atoms with E-state index in [0.717, 1.165) is 11.3 Å². The van der Waals surface area contributed by atoms with Crippen LogP contribution in [-0.2, 0) is 16.3 Å². The van der Waals surface area contributed by atoms with Crippen molar-refractivity contribution in [1.29, 1.82) is 0 Å². The second-order valence-corrected chi connectivity index (χ2v) is 9.84. The van der Waals surface area contributed by atoms with E-state index in [-0.39, 0.29) is 33.5 Å². The van der Waals surface area contributed by atoms with Crippen molar-refractivity contribution < 1.29 is 18.1 Å². The summed E-state index contributed by atoms with van der Waals surface area (Å²) in [5.41, 5.74) is 0.388. The first-order valence-electron chi connectivity index (χ1n) is 8.53. The fourth-order valence-corrected chi connectivity index (χ4v) is 4.74. The van der Waals surface area contributed by atoms with Crippen molar-refractivity contribution in [1.82, 2.24) is 10.2 Å². The first-order chi connectivity index (χ1) is 14.2. The smallest absolute Gasteiger partial charge is 0.273 e. The van der Waals surface area contributed by atoms with Gasteiger partial charge in [0.15, 0.2) is 9.84 Å². The van der Waals surface area contributed by atoms with Gasteiger partial charge in [-0.1, -0.05) is 29.0 Å². The fourth-order valence-electron chi connectivity index (χ4n) is 2.50. The molecule has 156 valence electrons. The molecule has 0 spiro atoms. The van der Waals surface area contributed by atoms with Gasteiger partial charge in [-0.05, 0) is 37.3 Å². The number of sulfone groups is 1. The second-order valence-electron chi connectivity index (χ2n) is 6.24. The Morgan fingerprint density at radius 1 is 1.20 bits per heavy atom. The van der Waals surface area contributed by atoms with E-state index in [1.54, 1.807) is 6.92 Å². The van der Waals surface area contributed by atoms with Crippen molar-refractivity contribution >= 4 is 49.5 Å². The molecule has 0 saturated heterocycles. The van der Waals surface area contributed by atoms with Gasteiger partial charge in [0.25, 0.3) is 11.6 Å². The van der Waals surface area contributed by atoms with Crippen LogP contribution in [0.4, 0.5) is 10.8 Å². The van der Waals surface area contributed by atoms with Crippen molar-refractivity contribution in [3.05, 3.63) is 73.7 Å². The number of nitrogens with zero attached hydrogens (tertiary/aromatic N) is 3. The number of aromatic nitrogens is 2. The number of nitrogens with one attached hydrogen (secondary N) is 1. The number of nitro benzene ring substituents is 1. The molecule has 2 aromatic carbocycles. The van der Waals surface area contributed by atoms with Crippen molar-refractivity contribution in [2.45, 2.75) is 18.2 Å². The van der Waals surface area contributed by atoms with Crippen LogP contribution in [0, 0.1) is 17.0 Å². The van der Waals surface area contributed by atoms with Crippen molar-refractivity contribution in [2.75, 3.05) is 11.1 Å². The lowest BCUT2D eigenvalue weighted by Gasteiger charge is -2.03. The number of anilines is 1. The van der Waals surface area contributed by atoms with Gasteiger partial charge in [0.05, 0.1) is 15.6 Å². The number of hydrogen-bond donors (Lipinski definition) is 1. The summed E-state index contributed by atoms with van der Waals surface area (Å²) in [6.45, 7) is 1.58. The molecule has 3 rings (SSSR count). The third kappa shape index (κ3) is 5.17. The maximum Gasteiger partial charge on any atom is 0.273 e. The molecule has 1 heterocycles. The summed E-state index contributed by atoms with van der Waals surface area (Å²) in [6.07, 6.45) is 0.120. The predicted molar refractivity (Wildman–Crippen MR) is 113 cm³/mol. The van der Waals surface area contributed by atoms with Gasteiger partial charge in [-0.3, -0.25) is 20.2 Å². The summed E-state index contributed by atoms with van der Waals surface area (Å²) in [7, 11) is -3.52. The molecular formula is C18H15ClN4O5S2. The number of halogens is 1. The molecule has 1 aromatic heterocycles. The highest BCUT2D eigenvalue weighted by molar-refractivity contribution is 7.91. The van der Waals surface area contributed by atoms with Gasteiger partial charge in [-0.25, -0.2) is 8.42 Å². The van der Waals surface area contributed by atoms with Gasteiger partial charge in [-0.2, -0.15) is 0 Å². The SMILES string of the molecule is Cc1ccc(C(=O)Nc2nnc(CCS(=O)(=O)c3ccc(Cl)cc3)s2)cc1[N+](=O)[O-]. The number of carbonyl (C=O) groups is 1. The quantitative estimate of drug-likeness (QED) is 0.414. The van der Waals surface area contributed by atoms with Crippen LogP contribution in [0.15, 0.2) is 47.4 Å². The number of carbonyl (C=O) groups excluding carboxylic acids is 1. The summed E-state index contributed by atoms with van der Waals surface area (Å²) in [4.78, 5) is 23.0. The monoisotopic (exact) mass is 466 g/mol. The first-order valence-corrected chi connectivity index (χ1v) is 11.4. The van der Waals surface area contributed by atoms with Gasteiger partial charge in [-0.15, -0.1) is 10.2 Å². The average molecular weight is 467 g/mol. The standard InChI is InChI=1S/C18H15ClN4O5S2/c1-11-2-3-12(10-15(11)23(25)26)17(24)20-18-22-21-16(29-18)8-9-30(27,28)14-6-4-13(19)5-7-14/h2-7,10H,8-9H2,1H3,(H,20,22,24). The van der Waals surface area contributed by atoms with E-state index in [9.17, 15) is 23.3 Å². The number of amides is 1. The largest absolute Gasteiger partial charge is 0.296 e. The van der Waals surface area contributed by atoms with Gasteiger partial charge in [0.2, 0.25) is 5.13 Å². The third-order valence-corrected chi connectivity index (χ3v) is 7.00. The number of rotatable bonds is 7. The van der Waals surface area contributed by atoms with Crippen molar-refractivity contribution in [3.63, 3.8) is 0 Å². The van der Waals surface area contributed by atoms with Crippen LogP contribution >= 0.6 is 22.9 Å². The Morgan fingerprint density at radius 3 is 2.57 bits per heavy atom. The molecule has 0 saturated carbocycles. The predicted octanol–water partition coefficient (Wildman–Crippen LogP) is 3.68. The Labute approximate surface area is 180 Å². The van der Waals surface area contributed by atoms with Gasteiger partial charge >= 0.3 is 0 Å². The van der Waals surface area contributed by atoms with Crippen LogP contribution in [0.2, 0.25) is 5.02 Å². The Kier molecular flexibility index (Phi) is 6.44. The van der Waals surface area contributed by atoms with E-state index in [2.05, 4.69) is 15.5 Å². The van der Waals surface area contributed by atoms with Crippen LogP contribution in [0.3, 0.4) is 0 Å². The number of hydrogen-bond acceptors (Lipinski definition) is 8. The van der Waals surface area contributed by atoms with E-state index in [1.165, 1.54) is 42.5 Å². The minimum Gasteiger partial charge on any atom is -0.296 e. The Bertz CT molecular complexity index is 1210. The zero-order valence-electron chi connectivity index (χ0n) is 15.5. The molecule has 3 aromatic rings. The van der Waals surface area contributed by atoms with E-state index in [1.807, 2.05) is 0 Å². The van der Waals surface area contributed by atoms with Gasteiger partial charge < -0.3 is 0 Å². The first kappa shape index (κ1) is 21.8. The molecule has 0 aliphatic heterocycles. The van der Waals surface area contributed by atoms with E-state index >= 15 is 0 Å². The molecule has 12 heteroatoms. The van der Waals surface area contributed by atoms with Crippen LogP contribution in [0.1, 0.15) is 20.9 Å². The lowest BCUT2D eigenvalue weighted by atomic mass is 10.1. The summed E-state index contributed by atoms with van der Waals surface area (Å²) < 4.78 is 24.8. The van der Waals surface area contributed by atoms with Crippen molar-refractivity contribution in [2.24, 2.45) is 0 Å². The zero-order chi connectivity index (χ0) is 21.9. The minimum absolute atomic E-state index is 0.106. The maximum absolute atomic E-state index is 12.4. The summed E-state index contributed by atoms with van der Waals surface area (Å²) in [5.74, 6) is -0.754. The summed E-state index contributed by atoms with van der Waals surface area (Å²) >= 11 is 6.81. The molecule has 0 atom stereocenters. The summed E-state index contributed by atoms with van der Waals surface area (Å²) in [6, 6.07) is 10.0. The topological polar surface area (TPSA) is 132 Å². The normalized spacial score (nSPS) is 11.3. The van der Waals surface area contributed by atoms with Crippen LogP contribution in [-0.4, -0.2) is 35.2 Å². The Balaban J connectivity index is 1.65. The number of aryl methyl sites for hydroxylation is 2. The molecule has 0 aliphatic rings. The van der Waals surface area contributed by atoms with Gasteiger partial charge in [0.1, 0.15) is 5.01 Å². The zero-order valence-corrected chi connectivity index (χ0v) is 17.9. The van der Waals surface area contributed by atoms with Crippen molar-refractivity contribution in [3.8, 4) is 0 Å². The molecule has 0 fully saturated rings. The Morgan fingerprint density at radius 2 is 1.90 bits per heavy atom. The maximum atomic E-state index is 12.4. The molecule has 1 N–H and O–H groups in total. The molecular weight excluding hydrogens is 452 g/mol. The summed E-state index contributed by atoms with van der Waals surface area (Å²) in [5, 5.41) is 22.3. The van der Waals surface area contributed by atoms with E-state index in [4.69, 9.17) is 11.6 Å². The lowest BCUT2D eigenvalue weighted by molar-refractivity contribution is -0.385. The molecule has 0 radical (unpaired) electrons. The molecule has 30 heavy (non-hydrogen) atoms. The lowest BCUT2D eigenvalue weighted by Crippen LogP contribution is -2.12. The fraction of sp³-hybridized carbons (Fsp3) is 0.167. The van der Waals surface area contributed by atoms with E-state index < -0.39 is 20.7 Å². The van der Waals surface area contributed by atoms with Crippen LogP contribution in [0.25, 0.3) is 0 Å². The molecule has 0 bridgehead atoms. The van der Waals surface area contributed by atoms with E-state index in [0.29, 0.717) is 15.6 Å². The van der Waals surface area contributed by atoms with Crippen LogP contribution in [0.5, 0.6) is 0 Å². The third-order valence-electron chi connectivity index (χ3n) is 4.11. The highest BCUT2D eigenvalue weighted by Crippen LogP contribution is 2.22. The second kappa shape index (κ2) is 8.86. The number of nitro groups is 1. The average Bonchev–Trinajstić information content (AvgIpc) is 3.14. The molecule has 0 unspecified atom stereocenters. The highest BCUT2D eigenvalue weighted by Gasteiger charge is 2.18. The van der Waals surface area contributed by atoms with Gasteiger partial charge in [0, 0.05) is 28.6 Å². The van der Waals surface area contributed by atoms with Crippen LogP contribution < -0.4 is 5.32 Å². The molecule has 1 amide bonds.